The van der Waals surface area contributed by atoms with E-state index in [9.17, 15) is 9.18 Å². The standard InChI is InChI=1S/C16H17FN6O2/c1-25-8-13(9-2-4-10(17)5-3-9)20-16(24)21-14-6-12-11(7-19-14)15(18)23-22-12/h2-7,13H,8H2,1H3,(H3,18,22,23)(H2,19,20,21,24). The van der Waals surface area contributed by atoms with Gasteiger partial charge in [-0.05, 0) is 17.7 Å². The molecule has 0 aliphatic rings. The molecule has 0 aliphatic heterocycles. The summed E-state index contributed by atoms with van der Waals surface area (Å²) in [4.78, 5) is 16.4. The summed E-state index contributed by atoms with van der Waals surface area (Å²) in [5.74, 6) is 0.333. The van der Waals surface area contributed by atoms with Gasteiger partial charge in [0.25, 0.3) is 0 Å². The number of amides is 2. The number of benzene rings is 1. The molecule has 2 aromatic heterocycles. The molecular formula is C16H17FN6O2. The van der Waals surface area contributed by atoms with Crippen LogP contribution in [0.2, 0.25) is 0 Å². The third kappa shape index (κ3) is 3.83. The second kappa shape index (κ2) is 7.14. The third-order valence-corrected chi connectivity index (χ3v) is 3.63. The fourth-order valence-corrected chi connectivity index (χ4v) is 2.39. The van der Waals surface area contributed by atoms with E-state index in [1.165, 1.54) is 25.4 Å². The predicted molar refractivity (Wildman–Crippen MR) is 91.5 cm³/mol. The van der Waals surface area contributed by atoms with Gasteiger partial charge in [0.15, 0.2) is 5.82 Å². The molecule has 9 heteroatoms. The van der Waals surface area contributed by atoms with Gasteiger partial charge in [0.2, 0.25) is 0 Å². The number of carbonyl (C=O) groups is 1. The zero-order chi connectivity index (χ0) is 17.8. The highest BCUT2D eigenvalue weighted by molar-refractivity contribution is 5.93. The second-order valence-corrected chi connectivity index (χ2v) is 5.38. The van der Waals surface area contributed by atoms with E-state index in [2.05, 4.69) is 25.8 Å². The molecule has 130 valence electrons. The number of hydrogen-bond donors (Lipinski definition) is 4. The highest BCUT2D eigenvalue weighted by Gasteiger charge is 2.15. The molecule has 5 N–H and O–H groups in total. The maximum Gasteiger partial charge on any atom is 0.320 e. The topological polar surface area (TPSA) is 118 Å². The van der Waals surface area contributed by atoms with Gasteiger partial charge >= 0.3 is 6.03 Å². The summed E-state index contributed by atoms with van der Waals surface area (Å²) >= 11 is 0. The number of nitrogens with two attached hydrogens (primary N) is 1. The zero-order valence-corrected chi connectivity index (χ0v) is 13.4. The van der Waals surface area contributed by atoms with Gasteiger partial charge in [0, 0.05) is 19.4 Å². The van der Waals surface area contributed by atoms with Gasteiger partial charge in [-0.2, -0.15) is 5.10 Å². The summed E-state index contributed by atoms with van der Waals surface area (Å²) in [6.07, 6.45) is 1.52. The Hall–Kier alpha value is -3.20. The van der Waals surface area contributed by atoms with Crippen LogP contribution in [0.25, 0.3) is 10.9 Å². The first-order valence-electron chi connectivity index (χ1n) is 7.48. The predicted octanol–water partition coefficient (Wildman–Crippen LogP) is 2.19. The molecule has 3 rings (SSSR count). The first-order valence-corrected chi connectivity index (χ1v) is 7.48. The fraction of sp³-hybridized carbons (Fsp3) is 0.188. The van der Waals surface area contributed by atoms with E-state index in [1.54, 1.807) is 18.2 Å². The Morgan fingerprint density at radius 2 is 2.16 bits per heavy atom. The molecule has 1 unspecified atom stereocenters. The highest BCUT2D eigenvalue weighted by Crippen LogP contribution is 2.19. The van der Waals surface area contributed by atoms with E-state index in [4.69, 9.17) is 10.5 Å². The van der Waals surface area contributed by atoms with E-state index >= 15 is 0 Å². The molecule has 2 amide bonds. The van der Waals surface area contributed by atoms with Crippen molar-refractivity contribution in [1.82, 2.24) is 20.5 Å². The highest BCUT2D eigenvalue weighted by atomic mass is 19.1. The van der Waals surface area contributed by atoms with Crippen LogP contribution in [-0.2, 0) is 4.74 Å². The molecule has 0 fully saturated rings. The Bertz CT molecular complexity index is 880. The van der Waals surface area contributed by atoms with Gasteiger partial charge in [-0.15, -0.1) is 0 Å². The number of nitrogens with one attached hydrogen (secondary N) is 3. The Morgan fingerprint density at radius 1 is 1.40 bits per heavy atom. The number of carbonyl (C=O) groups excluding carboxylic acids is 1. The molecule has 0 aliphatic carbocycles. The van der Waals surface area contributed by atoms with Crippen molar-refractivity contribution in [3.05, 3.63) is 47.9 Å². The van der Waals surface area contributed by atoms with Gasteiger partial charge in [0.05, 0.1) is 23.6 Å². The summed E-state index contributed by atoms with van der Waals surface area (Å²) in [5.41, 5.74) is 7.07. The lowest BCUT2D eigenvalue weighted by molar-refractivity contribution is 0.168. The number of halogens is 1. The van der Waals surface area contributed by atoms with E-state index in [-0.39, 0.29) is 12.4 Å². The van der Waals surface area contributed by atoms with Crippen LogP contribution in [0.1, 0.15) is 11.6 Å². The SMILES string of the molecule is COCC(NC(=O)Nc1cc2[nH]nc(N)c2cn1)c1ccc(F)cc1. The Morgan fingerprint density at radius 3 is 2.88 bits per heavy atom. The Balaban J connectivity index is 1.70. The second-order valence-electron chi connectivity index (χ2n) is 5.38. The largest absolute Gasteiger partial charge is 0.382 e. The summed E-state index contributed by atoms with van der Waals surface area (Å²) in [6.45, 7) is 0.239. The minimum Gasteiger partial charge on any atom is -0.382 e. The Labute approximate surface area is 142 Å². The number of aromatic nitrogens is 3. The monoisotopic (exact) mass is 344 g/mol. The molecule has 0 bridgehead atoms. The number of urea groups is 1. The van der Waals surface area contributed by atoms with E-state index in [0.29, 0.717) is 22.5 Å². The molecule has 2 heterocycles. The van der Waals surface area contributed by atoms with Crippen molar-refractivity contribution in [2.45, 2.75) is 6.04 Å². The van der Waals surface area contributed by atoms with Crippen molar-refractivity contribution < 1.29 is 13.9 Å². The Kier molecular flexibility index (Phi) is 4.75. The number of rotatable bonds is 5. The van der Waals surface area contributed by atoms with Crippen molar-refractivity contribution in [2.24, 2.45) is 0 Å². The molecular weight excluding hydrogens is 327 g/mol. The molecule has 0 spiro atoms. The summed E-state index contributed by atoms with van der Waals surface area (Å²) in [5, 5.41) is 12.7. The van der Waals surface area contributed by atoms with Gasteiger partial charge in [-0.25, -0.2) is 14.2 Å². The number of H-pyrrole nitrogens is 1. The van der Waals surface area contributed by atoms with Crippen molar-refractivity contribution >= 4 is 28.6 Å². The zero-order valence-electron chi connectivity index (χ0n) is 13.4. The number of ether oxygens (including phenoxy) is 1. The number of nitrogen functional groups attached to an aromatic ring is 1. The molecule has 0 radical (unpaired) electrons. The number of hydrogen-bond acceptors (Lipinski definition) is 5. The van der Waals surface area contributed by atoms with E-state index < -0.39 is 12.1 Å². The molecule has 8 nitrogen and oxygen atoms in total. The van der Waals surface area contributed by atoms with Crippen LogP contribution in [-0.4, -0.2) is 34.9 Å². The van der Waals surface area contributed by atoms with E-state index in [0.717, 1.165) is 5.56 Å². The van der Waals surface area contributed by atoms with Crippen molar-refractivity contribution in [3.8, 4) is 0 Å². The number of anilines is 2. The van der Waals surface area contributed by atoms with Gasteiger partial charge < -0.3 is 15.8 Å². The van der Waals surface area contributed by atoms with Gasteiger partial charge in [-0.1, -0.05) is 12.1 Å². The van der Waals surface area contributed by atoms with Crippen LogP contribution < -0.4 is 16.4 Å². The number of nitrogens with zero attached hydrogens (tertiary/aromatic N) is 2. The number of methoxy groups -OCH3 is 1. The van der Waals surface area contributed by atoms with Crippen molar-refractivity contribution in [2.75, 3.05) is 24.8 Å². The third-order valence-electron chi connectivity index (χ3n) is 3.63. The average Bonchev–Trinajstić information content (AvgIpc) is 2.96. The minimum absolute atomic E-state index is 0.239. The lowest BCUT2D eigenvalue weighted by Crippen LogP contribution is -2.35. The average molecular weight is 344 g/mol. The first-order chi connectivity index (χ1) is 12.1. The van der Waals surface area contributed by atoms with Crippen LogP contribution >= 0.6 is 0 Å². The van der Waals surface area contributed by atoms with Crippen LogP contribution in [0.3, 0.4) is 0 Å². The van der Waals surface area contributed by atoms with Gasteiger partial charge in [-0.3, -0.25) is 10.4 Å². The fourth-order valence-electron chi connectivity index (χ4n) is 2.39. The number of pyridine rings is 1. The molecule has 0 saturated heterocycles. The van der Waals surface area contributed by atoms with Crippen LogP contribution in [0.5, 0.6) is 0 Å². The lowest BCUT2D eigenvalue weighted by Gasteiger charge is -2.18. The van der Waals surface area contributed by atoms with Crippen molar-refractivity contribution in [1.29, 1.82) is 0 Å². The maximum absolute atomic E-state index is 13.1. The molecule has 1 aromatic carbocycles. The summed E-state index contributed by atoms with van der Waals surface area (Å²) in [6, 6.07) is 6.57. The maximum atomic E-state index is 13.1. The summed E-state index contributed by atoms with van der Waals surface area (Å²) < 4.78 is 18.2. The van der Waals surface area contributed by atoms with Crippen LogP contribution in [0.4, 0.5) is 20.8 Å². The molecule has 25 heavy (non-hydrogen) atoms. The minimum atomic E-state index is -0.467. The molecule has 0 saturated carbocycles. The van der Waals surface area contributed by atoms with Crippen LogP contribution in [0, 0.1) is 5.82 Å². The summed E-state index contributed by atoms with van der Waals surface area (Å²) in [7, 11) is 1.52. The normalized spacial score (nSPS) is 12.1. The van der Waals surface area contributed by atoms with Gasteiger partial charge in [0.1, 0.15) is 11.6 Å². The van der Waals surface area contributed by atoms with E-state index in [1.807, 2.05) is 0 Å². The van der Waals surface area contributed by atoms with Crippen molar-refractivity contribution in [3.63, 3.8) is 0 Å². The lowest BCUT2D eigenvalue weighted by atomic mass is 10.1. The van der Waals surface area contributed by atoms with Crippen LogP contribution in [0.15, 0.2) is 36.5 Å². The smallest absolute Gasteiger partial charge is 0.320 e. The number of fused-ring (bicyclic) bond motifs is 1. The molecule has 1 atom stereocenters. The molecule has 3 aromatic rings. The first kappa shape index (κ1) is 16.7. The number of aromatic amines is 1. The quantitative estimate of drug-likeness (QED) is 0.566.